The first-order valence-corrected chi connectivity index (χ1v) is 7.99. The molecule has 23 heavy (non-hydrogen) atoms. The van der Waals surface area contributed by atoms with E-state index in [1.165, 1.54) is 0 Å². The summed E-state index contributed by atoms with van der Waals surface area (Å²) in [6.45, 7) is 4.95. The summed E-state index contributed by atoms with van der Waals surface area (Å²) in [6, 6.07) is 10.8. The van der Waals surface area contributed by atoms with Crippen molar-refractivity contribution < 1.29 is 9.15 Å². The Kier molecular flexibility index (Phi) is 3.53. The molecule has 3 heterocycles. The van der Waals surface area contributed by atoms with Gasteiger partial charge >= 0.3 is 0 Å². The largest absolute Gasteiger partial charge is 0.424 e. The smallest absolute Gasteiger partial charge is 0.296 e. The van der Waals surface area contributed by atoms with Crippen molar-refractivity contribution in [3.05, 3.63) is 42.2 Å². The molecule has 0 saturated carbocycles. The van der Waals surface area contributed by atoms with Crippen LogP contribution in [0.4, 0.5) is 6.01 Å². The highest BCUT2D eigenvalue weighted by molar-refractivity contribution is 5.74. The average Bonchev–Trinajstić information content (AvgIpc) is 3.25. The molecular formula is C17H20N4O2. The molecule has 6 heteroatoms. The van der Waals surface area contributed by atoms with Crippen LogP contribution in [0.2, 0.25) is 0 Å². The monoisotopic (exact) mass is 312 g/mol. The van der Waals surface area contributed by atoms with E-state index in [2.05, 4.69) is 29.2 Å². The van der Waals surface area contributed by atoms with Crippen molar-refractivity contribution >= 4 is 17.1 Å². The van der Waals surface area contributed by atoms with Crippen LogP contribution in [-0.2, 0) is 4.74 Å². The summed E-state index contributed by atoms with van der Waals surface area (Å²) in [6.07, 6.45) is 2.69. The molecule has 1 aromatic carbocycles. The number of oxazole rings is 1. The van der Waals surface area contributed by atoms with Crippen molar-refractivity contribution in [2.45, 2.75) is 38.5 Å². The number of nitrogens with one attached hydrogen (secondary N) is 1. The van der Waals surface area contributed by atoms with Crippen LogP contribution in [0.5, 0.6) is 0 Å². The molecular weight excluding hydrogens is 292 g/mol. The summed E-state index contributed by atoms with van der Waals surface area (Å²) in [4.78, 5) is 4.49. The minimum Gasteiger partial charge on any atom is -0.424 e. The van der Waals surface area contributed by atoms with Gasteiger partial charge in [0.25, 0.3) is 6.01 Å². The standard InChI is InChI=1S/C17H20N4O2/c1-11(2)21-14(7-9-18-21)16-13(8-10-22-16)20-17-19-12-5-3-4-6-15(12)23-17/h3-7,9,11,13,16H,8,10H2,1-2H3,(H,19,20)/t13-,16-/m0/s1. The van der Waals surface area contributed by atoms with Gasteiger partial charge < -0.3 is 14.5 Å². The third-order valence-electron chi connectivity index (χ3n) is 4.18. The van der Waals surface area contributed by atoms with E-state index in [1.54, 1.807) is 0 Å². The van der Waals surface area contributed by atoms with Gasteiger partial charge in [0.1, 0.15) is 11.6 Å². The van der Waals surface area contributed by atoms with E-state index < -0.39 is 0 Å². The summed E-state index contributed by atoms with van der Waals surface area (Å²) in [7, 11) is 0. The van der Waals surface area contributed by atoms with Gasteiger partial charge in [-0.3, -0.25) is 4.68 Å². The summed E-state index contributed by atoms with van der Waals surface area (Å²) < 4.78 is 13.7. The summed E-state index contributed by atoms with van der Waals surface area (Å²) in [5.74, 6) is 0. The summed E-state index contributed by atoms with van der Waals surface area (Å²) >= 11 is 0. The third kappa shape index (κ3) is 2.59. The number of hydrogen-bond acceptors (Lipinski definition) is 5. The van der Waals surface area contributed by atoms with Crippen LogP contribution < -0.4 is 5.32 Å². The van der Waals surface area contributed by atoms with Crippen LogP contribution in [-0.4, -0.2) is 27.4 Å². The second-order valence-electron chi connectivity index (χ2n) is 6.11. The Morgan fingerprint density at radius 1 is 1.26 bits per heavy atom. The number of para-hydroxylation sites is 2. The van der Waals surface area contributed by atoms with Gasteiger partial charge in [-0.1, -0.05) is 12.1 Å². The number of benzene rings is 1. The number of ether oxygens (including phenoxy) is 1. The van der Waals surface area contributed by atoms with E-state index >= 15 is 0 Å². The summed E-state index contributed by atoms with van der Waals surface area (Å²) in [5, 5.41) is 7.80. The molecule has 0 bridgehead atoms. The lowest BCUT2D eigenvalue weighted by atomic mass is 10.1. The van der Waals surface area contributed by atoms with Crippen LogP contribution in [0.15, 0.2) is 40.9 Å². The molecule has 1 saturated heterocycles. The Balaban J connectivity index is 1.59. The van der Waals surface area contributed by atoms with Gasteiger partial charge in [0, 0.05) is 18.8 Å². The molecule has 0 spiro atoms. The Bertz CT molecular complexity index is 775. The second-order valence-corrected chi connectivity index (χ2v) is 6.11. The molecule has 2 aromatic heterocycles. The van der Waals surface area contributed by atoms with Gasteiger partial charge in [-0.15, -0.1) is 0 Å². The fraction of sp³-hybridized carbons (Fsp3) is 0.412. The molecule has 0 radical (unpaired) electrons. The number of hydrogen-bond donors (Lipinski definition) is 1. The molecule has 1 aliphatic rings. The SMILES string of the molecule is CC(C)n1nccc1[C@H]1OCC[C@@H]1Nc1nc2ccccc2o1. The maximum absolute atomic E-state index is 5.95. The number of anilines is 1. The van der Waals surface area contributed by atoms with E-state index in [9.17, 15) is 0 Å². The van der Waals surface area contributed by atoms with Crippen LogP contribution in [0.3, 0.4) is 0 Å². The lowest BCUT2D eigenvalue weighted by Gasteiger charge is -2.21. The Labute approximate surface area is 134 Å². The van der Waals surface area contributed by atoms with Crippen molar-refractivity contribution in [1.82, 2.24) is 14.8 Å². The van der Waals surface area contributed by atoms with Crippen molar-refractivity contribution in [2.75, 3.05) is 11.9 Å². The predicted octanol–water partition coefficient (Wildman–Crippen LogP) is 3.55. The maximum Gasteiger partial charge on any atom is 0.296 e. The van der Waals surface area contributed by atoms with Gasteiger partial charge in [-0.05, 0) is 38.5 Å². The second kappa shape index (κ2) is 5.70. The zero-order valence-electron chi connectivity index (χ0n) is 13.3. The van der Waals surface area contributed by atoms with Crippen molar-refractivity contribution in [1.29, 1.82) is 0 Å². The zero-order chi connectivity index (χ0) is 15.8. The van der Waals surface area contributed by atoms with Crippen molar-refractivity contribution in [2.24, 2.45) is 0 Å². The number of nitrogens with zero attached hydrogens (tertiary/aromatic N) is 3. The summed E-state index contributed by atoms with van der Waals surface area (Å²) in [5.41, 5.74) is 2.74. The molecule has 0 unspecified atom stereocenters. The lowest BCUT2D eigenvalue weighted by molar-refractivity contribution is 0.0985. The molecule has 6 nitrogen and oxygen atoms in total. The molecule has 0 amide bonds. The first kappa shape index (κ1) is 14.3. The predicted molar refractivity (Wildman–Crippen MR) is 87.3 cm³/mol. The molecule has 1 N–H and O–H groups in total. The van der Waals surface area contributed by atoms with Crippen molar-refractivity contribution in [3.8, 4) is 0 Å². The fourth-order valence-corrected chi connectivity index (χ4v) is 3.10. The van der Waals surface area contributed by atoms with Crippen LogP contribution in [0.1, 0.15) is 38.1 Å². The van der Waals surface area contributed by atoms with E-state index in [-0.39, 0.29) is 12.1 Å². The number of aromatic nitrogens is 3. The lowest BCUT2D eigenvalue weighted by Crippen LogP contribution is -2.25. The molecule has 1 fully saturated rings. The van der Waals surface area contributed by atoms with Gasteiger partial charge in [0.2, 0.25) is 0 Å². The highest BCUT2D eigenvalue weighted by atomic mass is 16.5. The van der Waals surface area contributed by atoms with E-state index in [0.29, 0.717) is 18.7 Å². The number of rotatable bonds is 4. The Morgan fingerprint density at radius 3 is 2.96 bits per heavy atom. The van der Waals surface area contributed by atoms with Gasteiger partial charge in [0.15, 0.2) is 5.58 Å². The normalized spacial score (nSPS) is 21.3. The minimum atomic E-state index is -0.0464. The first-order chi connectivity index (χ1) is 11.2. The van der Waals surface area contributed by atoms with Gasteiger partial charge in [0.05, 0.1) is 11.7 Å². The molecule has 3 aromatic rings. The van der Waals surface area contributed by atoms with E-state index in [1.807, 2.05) is 41.2 Å². The Morgan fingerprint density at radius 2 is 2.13 bits per heavy atom. The number of fused-ring (bicyclic) bond motifs is 1. The van der Waals surface area contributed by atoms with Gasteiger partial charge in [-0.25, -0.2) is 0 Å². The molecule has 1 aliphatic heterocycles. The third-order valence-corrected chi connectivity index (χ3v) is 4.18. The molecule has 4 rings (SSSR count). The molecule has 120 valence electrons. The first-order valence-electron chi connectivity index (χ1n) is 7.99. The highest BCUT2D eigenvalue weighted by Gasteiger charge is 2.33. The quantitative estimate of drug-likeness (QED) is 0.798. The van der Waals surface area contributed by atoms with Crippen molar-refractivity contribution in [3.63, 3.8) is 0 Å². The molecule has 0 aliphatic carbocycles. The Hall–Kier alpha value is -2.34. The maximum atomic E-state index is 5.95. The van der Waals surface area contributed by atoms with Gasteiger partial charge in [-0.2, -0.15) is 10.1 Å². The highest BCUT2D eigenvalue weighted by Crippen LogP contribution is 2.33. The van der Waals surface area contributed by atoms with Crippen LogP contribution >= 0.6 is 0 Å². The van der Waals surface area contributed by atoms with Crippen LogP contribution in [0.25, 0.3) is 11.1 Å². The van der Waals surface area contributed by atoms with Crippen LogP contribution in [0, 0.1) is 0 Å². The fourth-order valence-electron chi connectivity index (χ4n) is 3.10. The minimum absolute atomic E-state index is 0.0464. The van der Waals surface area contributed by atoms with E-state index in [0.717, 1.165) is 23.2 Å². The average molecular weight is 312 g/mol. The van der Waals surface area contributed by atoms with E-state index in [4.69, 9.17) is 9.15 Å². The topological polar surface area (TPSA) is 65.1 Å². The molecule has 2 atom stereocenters. The zero-order valence-corrected chi connectivity index (χ0v) is 13.3.